The van der Waals surface area contributed by atoms with Crippen LogP contribution in [-0.4, -0.2) is 32.2 Å². The van der Waals surface area contributed by atoms with Crippen molar-refractivity contribution in [2.75, 3.05) is 14.2 Å². The molecule has 1 unspecified atom stereocenters. The van der Waals surface area contributed by atoms with Gasteiger partial charge in [-0.1, -0.05) is 26.0 Å². The normalized spacial score (nSPS) is 12.0. The van der Waals surface area contributed by atoms with E-state index in [0.29, 0.717) is 24.4 Å². The lowest BCUT2D eigenvalue weighted by molar-refractivity contribution is -0.143. The molecule has 1 atom stereocenters. The van der Waals surface area contributed by atoms with Crippen LogP contribution in [0.2, 0.25) is 0 Å². The topological polar surface area (TPSA) is 64.6 Å². The predicted octanol–water partition coefficient (Wildman–Crippen LogP) is 2.15. The molecule has 0 fully saturated rings. The van der Waals surface area contributed by atoms with Gasteiger partial charge in [-0.2, -0.15) is 0 Å². The number of rotatable bonds is 7. The zero-order chi connectivity index (χ0) is 15.8. The van der Waals surface area contributed by atoms with Gasteiger partial charge in [0.2, 0.25) is 0 Å². The van der Waals surface area contributed by atoms with E-state index in [4.69, 9.17) is 4.74 Å². The molecule has 0 saturated heterocycles. The molecule has 116 valence electrons. The third kappa shape index (κ3) is 5.55. The highest BCUT2D eigenvalue weighted by atomic mass is 16.5. The molecular formula is C16H23NO4. The SMILES string of the molecule is COC(=O)c1ccc(CNC(CC(C)C)C(=O)OC)cc1. The first-order valence-electron chi connectivity index (χ1n) is 6.96. The summed E-state index contributed by atoms with van der Waals surface area (Å²) in [5, 5.41) is 3.19. The summed E-state index contributed by atoms with van der Waals surface area (Å²) in [5.74, 6) is -0.222. The molecule has 1 N–H and O–H groups in total. The van der Waals surface area contributed by atoms with E-state index in [-0.39, 0.29) is 18.0 Å². The van der Waals surface area contributed by atoms with Crippen LogP contribution in [0.15, 0.2) is 24.3 Å². The highest BCUT2D eigenvalue weighted by Crippen LogP contribution is 2.09. The monoisotopic (exact) mass is 293 g/mol. The van der Waals surface area contributed by atoms with Crippen LogP contribution in [0.3, 0.4) is 0 Å². The van der Waals surface area contributed by atoms with Crippen molar-refractivity contribution in [3.05, 3.63) is 35.4 Å². The van der Waals surface area contributed by atoms with E-state index in [1.165, 1.54) is 14.2 Å². The van der Waals surface area contributed by atoms with Crippen LogP contribution in [0.4, 0.5) is 0 Å². The Labute approximate surface area is 125 Å². The maximum atomic E-state index is 11.7. The van der Waals surface area contributed by atoms with Gasteiger partial charge in [0.1, 0.15) is 6.04 Å². The summed E-state index contributed by atoms with van der Waals surface area (Å²) < 4.78 is 9.45. The minimum atomic E-state index is -0.359. The summed E-state index contributed by atoms with van der Waals surface area (Å²) in [7, 11) is 2.74. The third-order valence-electron chi connectivity index (χ3n) is 3.12. The summed E-state index contributed by atoms with van der Waals surface area (Å²) >= 11 is 0. The van der Waals surface area contributed by atoms with Crippen molar-refractivity contribution in [1.82, 2.24) is 5.32 Å². The maximum Gasteiger partial charge on any atom is 0.337 e. The molecular weight excluding hydrogens is 270 g/mol. The standard InChI is InChI=1S/C16H23NO4/c1-11(2)9-14(16(19)21-4)17-10-12-5-7-13(8-6-12)15(18)20-3/h5-8,11,14,17H,9-10H2,1-4H3. The van der Waals surface area contributed by atoms with Gasteiger partial charge in [0.25, 0.3) is 0 Å². The minimum Gasteiger partial charge on any atom is -0.468 e. The first kappa shape index (κ1) is 17.2. The van der Waals surface area contributed by atoms with E-state index < -0.39 is 0 Å². The molecule has 0 aliphatic rings. The van der Waals surface area contributed by atoms with E-state index in [1.807, 2.05) is 12.1 Å². The van der Waals surface area contributed by atoms with Gasteiger partial charge in [0.05, 0.1) is 19.8 Å². The van der Waals surface area contributed by atoms with Gasteiger partial charge in [-0.15, -0.1) is 0 Å². The lowest BCUT2D eigenvalue weighted by Crippen LogP contribution is -2.38. The number of carbonyl (C=O) groups excluding carboxylic acids is 2. The molecule has 5 nitrogen and oxygen atoms in total. The first-order chi connectivity index (χ1) is 9.97. The van der Waals surface area contributed by atoms with Crippen LogP contribution in [0.1, 0.15) is 36.2 Å². The summed E-state index contributed by atoms with van der Waals surface area (Å²) in [6.45, 7) is 4.65. The Morgan fingerprint density at radius 2 is 1.71 bits per heavy atom. The zero-order valence-corrected chi connectivity index (χ0v) is 13.0. The van der Waals surface area contributed by atoms with Crippen molar-refractivity contribution in [2.24, 2.45) is 5.92 Å². The molecule has 0 aliphatic carbocycles. The van der Waals surface area contributed by atoms with Crippen LogP contribution in [0, 0.1) is 5.92 Å². The molecule has 0 bridgehead atoms. The Balaban J connectivity index is 2.63. The van der Waals surface area contributed by atoms with Crippen LogP contribution < -0.4 is 5.32 Å². The zero-order valence-electron chi connectivity index (χ0n) is 13.0. The average Bonchev–Trinajstić information content (AvgIpc) is 2.50. The predicted molar refractivity (Wildman–Crippen MR) is 79.9 cm³/mol. The molecule has 5 heteroatoms. The first-order valence-corrected chi connectivity index (χ1v) is 6.96. The number of hydrogen-bond donors (Lipinski definition) is 1. The van der Waals surface area contributed by atoms with Gasteiger partial charge >= 0.3 is 11.9 Å². The molecule has 0 heterocycles. The second kappa shape index (κ2) is 8.42. The van der Waals surface area contributed by atoms with E-state index in [9.17, 15) is 9.59 Å². The Morgan fingerprint density at radius 1 is 1.10 bits per heavy atom. The molecule has 1 aromatic rings. The van der Waals surface area contributed by atoms with Gasteiger partial charge in [0, 0.05) is 6.54 Å². The minimum absolute atomic E-state index is 0.255. The van der Waals surface area contributed by atoms with Gasteiger partial charge < -0.3 is 14.8 Å². The van der Waals surface area contributed by atoms with Crippen molar-refractivity contribution in [2.45, 2.75) is 32.9 Å². The van der Waals surface area contributed by atoms with E-state index in [2.05, 4.69) is 23.9 Å². The lowest BCUT2D eigenvalue weighted by Gasteiger charge is -2.18. The smallest absolute Gasteiger partial charge is 0.337 e. The number of ether oxygens (including phenoxy) is 2. The number of carbonyl (C=O) groups is 2. The average molecular weight is 293 g/mol. The lowest BCUT2D eigenvalue weighted by atomic mass is 10.0. The quantitative estimate of drug-likeness (QED) is 0.780. The van der Waals surface area contributed by atoms with Crippen LogP contribution in [-0.2, 0) is 20.8 Å². The van der Waals surface area contributed by atoms with E-state index in [0.717, 1.165) is 5.56 Å². The Bertz CT molecular complexity index is 468. The van der Waals surface area contributed by atoms with Gasteiger partial charge in [0.15, 0.2) is 0 Å². The van der Waals surface area contributed by atoms with Crippen LogP contribution in [0.5, 0.6) is 0 Å². The van der Waals surface area contributed by atoms with Crippen molar-refractivity contribution in [3.8, 4) is 0 Å². The van der Waals surface area contributed by atoms with Crippen LogP contribution >= 0.6 is 0 Å². The molecule has 0 saturated carbocycles. The summed E-state index contributed by atoms with van der Waals surface area (Å²) in [6.07, 6.45) is 0.715. The highest BCUT2D eigenvalue weighted by Gasteiger charge is 2.19. The second-order valence-corrected chi connectivity index (χ2v) is 5.27. The molecule has 1 aromatic carbocycles. The second-order valence-electron chi connectivity index (χ2n) is 5.27. The third-order valence-corrected chi connectivity index (χ3v) is 3.12. The number of benzene rings is 1. The number of nitrogens with one attached hydrogen (secondary N) is 1. The number of esters is 2. The molecule has 0 aliphatic heterocycles. The Morgan fingerprint density at radius 3 is 2.19 bits per heavy atom. The summed E-state index contributed by atoms with van der Waals surface area (Å²) in [5.41, 5.74) is 1.49. The van der Waals surface area contributed by atoms with Crippen molar-refractivity contribution >= 4 is 11.9 Å². The van der Waals surface area contributed by atoms with Crippen molar-refractivity contribution in [1.29, 1.82) is 0 Å². The van der Waals surface area contributed by atoms with Gasteiger partial charge in [-0.25, -0.2) is 4.79 Å². The largest absolute Gasteiger partial charge is 0.468 e. The molecule has 0 aromatic heterocycles. The summed E-state index contributed by atoms with van der Waals surface area (Å²) in [4.78, 5) is 23.0. The molecule has 21 heavy (non-hydrogen) atoms. The van der Waals surface area contributed by atoms with Gasteiger partial charge in [-0.3, -0.25) is 4.79 Å². The molecule has 0 spiro atoms. The maximum absolute atomic E-state index is 11.7. The molecule has 1 rings (SSSR count). The van der Waals surface area contributed by atoms with Gasteiger partial charge in [-0.05, 0) is 30.0 Å². The fourth-order valence-electron chi connectivity index (χ4n) is 1.99. The molecule has 0 radical (unpaired) electrons. The fourth-order valence-corrected chi connectivity index (χ4v) is 1.99. The van der Waals surface area contributed by atoms with E-state index >= 15 is 0 Å². The number of methoxy groups -OCH3 is 2. The number of hydrogen-bond acceptors (Lipinski definition) is 5. The Kier molecular flexibility index (Phi) is 6.88. The van der Waals surface area contributed by atoms with Crippen molar-refractivity contribution in [3.63, 3.8) is 0 Å². The highest BCUT2D eigenvalue weighted by molar-refractivity contribution is 5.89. The summed E-state index contributed by atoms with van der Waals surface area (Å²) in [6, 6.07) is 6.76. The van der Waals surface area contributed by atoms with Crippen LogP contribution in [0.25, 0.3) is 0 Å². The van der Waals surface area contributed by atoms with Crippen molar-refractivity contribution < 1.29 is 19.1 Å². The van der Waals surface area contributed by atoms with E-state index in [1.54, 1.807) is 12.1 Å². The Hall–Kier alpha value is -1.88. The fraction of sp³-hybridized carbons (Fsp3) is 0.500. The molecule has 0 amide bonds.